The highest BCUT2D eigenvalue weighted by atomic mass is 16.3. The summed E-state index contributed by atoms with van der Waals surface area (Å²) in [5.74, 6) is 0.306. The van der Waals surface area contributed by atoms with Crippen molar-refractivity contribution in [3.05, 3.63) is 35.9 Å². The largest absolute Gasteiger partial charge is 0.395 e. The van der Waals surface area contributed by atoms with Crippen LogP contribution in [0.15, 0.2) is 30.3 Å². The average molecular weight is 374 g/mol. The number of aliphatic hydroxyl groups excluding tert-OH is 1. The van der Waals surface area contributed by atoms with Gasteiger partial charge in [-0.3, -0.25) is 9.69 Å². The van der Waals surface area contributed by atoms with Crippen molar-refractivity contribution in [2.45, 2.75) is 38.1 Å². The average Bonchev–Trinajstić information content (AvgIpc) is 2.73. The lowest BCUT2D eigenvalue weighted by Crippen LogP contribution is -2.51. The number of nitrogens with zero attached hydrogens (tertiary/aromatic N) is 3. The fourth-order valence-electron chi connectivity index (χ4n) is 4.55. The molecule has 2 fully saturated rings. The smallest absolute Gasteiger partial charge is 0.226 e. The van der Waals surface area contributed by atoms with Crippen molar-refractivity contribution in [2.75, 3.05) is 52.9 Å². The first-order valence-corrected chi connectivity index (χ1v) is 10.5. The van der Waals surface area contributed by atoms with E-state index in [1.54, 1.807) is 4.90 Å². The molecule has 0 saturated carbocycles. The van der Waals surface area contributed by atoms with Crippen LogP contribution in [0.2, 0.25) is 0 Å². The van der Waals surface area contributed by atoms with Crippen LogP contribution in [0.5, 0.6) is 0 Å². The van der Waals surface area contributed by atoms with E-state index in [2.05, 4.69) is 40.1 Å². The summed E-state index contributed by atoms with van der Waals surface area (Å²) in [6.07, 6.45) is 5.64. The fraction of sp³-hybridized carbons (Fsp3) is 0.682. The third-order valence-corrected chi connectivity index (χ3v) is 6.25. The van der Waals surface area contributed by atoms with Crippen molar-refractivity contribution in [2.24, 2.45) is 5.92 Å². The number of hydrogen-bond acceptors (Lipinski definition) is 4. The van der Waals surface area contributed by atoms with Crippen molar-refractivity contribution in [1.82, 2.24) is 14.7 Å². The first-order chi connectivity index (χ1) is 13.2. The number of amides is 1. The molecule has 150 valence electrons. The summed E-state index contributed by atoms with van der Waals surface area (Å²) in [4.78, 5) is 19.4. The zero-order chi connectivity index (χ0) is 19.1. The second-order valence-electron chi connectivity index (χ2n) is 8.13. The van der Waals surface area contributed by atoms with Crippen LogP contribution in [0.4, 0.5) is 0 Å². The lowest BCUT2D eigenvalue weighted by Gasteiger charge is -2.42. The Balaban J connectivity index is 1.42. The zero-order valence-corrected chi connectivity index (χ0v) is 16.7. The standard InChI is InChI=1S/C22H35N3O2/c1-23(16-17-26)22(27)20-8-5-12-25(18-20)21-10-14-24(15-11-21)13-9-19-6-3-2-4-7-19/h2-4,6-7,20-21,26H,5,8-18H2,1H3/t20-/m0/s1. The Morgan fingerprint density at radius 2 is 1.89 bits per heavy atom. The van der Waals surface area contributed by atoms with Gasteiger partial charge in [-0.15, -0.1) is 0 Å². The Morgan fingerprint density at radius 3 is 2.59 bits per heavy atom. The van der Waals surface area contributed by atoms with Gasteiger partial charge in [0.1, 0.15) is 0 Å². The molecule has 5 nitrogen and oxygen atoms in total. The number of hydrogen-bond donors (Lipinski definition) is 1. The van der Waals surface area contributed by atoms with E-state index in [1.807, 2.05) is 7.05 Å². The van der Waals surface area contributed by atoms with E-state index in [9.17, 15) is 4.79 Å². The van der Waals surface area contributed by atoms with Crippen LogP contribution in [0.25, 0.3) is 0 Å². The second-order valence-corrected chi connectivity index (χ2v) is 8.13. The molecule has 1 amide bonds. The second kappa shape index (κ2) is 10.2. The highest BCUT2D eigenvalue weighted by molar-refractivity contribution is 5.78. The number of benzene rings is 1. The monoisotopic (exact) mass is 373 g/mol. The summed E-state index contributed by atoms with van der Waals surface area (Å²) < 4.78 is 0. The summed E-state index contributed by atoms with van der Waals surface area (Å²) in [6.45, 7) is 5.97. The van der Waals surface area contributed by atoms with Crippen LogP contribution < -0.4 is 0 Å². The summed E-state index contributed by atoms with van der Waals surface area (Å²) in [7, 11) is 1.81. The number of carbonyl (C=O) groups excluding carboxylic acids is 1. The summed E-state index contributed by atoms with van der Waals surface area (Å²) in [5, 5.41) is 9.07. The number of likely N-dealkylation sites (N-methyl/N-ethyl adjacent to an activating group) is 1. The third-order valence-electron chi connectivity index (χ3n) is 6.25. The van der Waals surface area contributed by atoms with Gasteiger partial charge in [-0.05, 0) is 57.3 Å². The number of piperidine rings is 2. The zero-order valence-electron chi connectivity index (χ0n) is 16.7. The maximum atomic E-state index is 12.6. The minimum atomic E-state index is 0.0418. The molecule has 2 heterocycles. The van der Waals surface area contributed by atoms with Gasteiger partial charge in [-0.25, -0.2) is 0 Å². The quantitative estimate of drug-likeness (QED) is 0.793. The molecule has 5 heteroatoms. The molecular weight excluding hydrogens is 338 g/mol. The normalized spacial score (nSPS) is 22.7. The van der Waals surface area contributed by atoms with Gasteiger partial charge >= 0.3 is 0 Å². The first-order valence-electron chi connectivity index (χ1n) is 10.5. The molecule has 1 atom stereocenters. The van der Waals surface area contributed by atoms with Gasteiger partial charge in [0.2, 0.25) is 5.91 Å². The van der Waals surface area contributed by atoms with E-state index in [1.165, 1.54) is 18.4 Å². The van der Waals surface area contributed by atoms with Crippen LogP contribution in [0.3, 0.4) is 0 Å². The lowest BCUT2D eigenvalue weighted by atomic mass is 9.93. The van der Waals surface area contributed by atoms with Crippen LogP contribution in [0.1, 0.15) is 31.2 Å². The number of aliphatic hydroxyl groups is 1. The van der Waals surface area contributed by atoms with E-state index in [-0.39, 0.29) is 18.4 Å². The van der Waals surface area contributed by atoms with Gasteiger partial charge in [-0.1, -0.05) is 30.3 Å². The van der Waals surface area contributed by atoms with Gasteiger partial charge in [0, 0.05) is 32.7 Å². The fourth-order valence-corrected chi connectivity index (χ4v) is 4.55. The molecule has 0 spiro atoms. The number of likely N-dealkylation sites (tertiary alicyclic amines) is 2. The topological polar surface area (TPSA) is 47.0 Å². The van der Waals surface area contributed by atoms with E-state index in [0.29, 0.717) is 12.6 Å². The number of rotatable bonds is 7. The highest BCUT2D eigenvalue weighted by Crippen LogP contribution is 2.25. The predicted octanol–water partition coefficient (Wildman–Crippen LogP) is 1.86. The van der Waals surface area contributed by atoms with Gasteiger partial charge in [0.15, 0.2) is 0 Å². The Morgan fingerprint density at radius 1 is 1.15 bits per heavy atom. The molecule has 3 rings (SSSR count). The molecule has 1 aromatic carbocycles. The van der Waals surface area contributed by atoms with Gasteiger partial charge < -0.3 is 14.9 Å². The molecule has 0 unspecified atom stereocenters. The van der Waals surface area contributed by atoms with E-state index in [4.69, 9.17) is 5.11 Å². The minimum Gasteiger partial charge on any atom is -0.395 e. The maximum Gasteiger partial charge on any atom is 0.226 e. The molecular formula is C22H35N3O2. The van der Waals surface area contributed by atoms with Gasteiger partial charge in [0.25, 0.3) is 0 Å². The summed E-state index contributed by atoms with van der Waals surface area (Å²) >= 11 is 0. The van der Waals surface area contributed by atoms with E-state index in [0.717, 1.165) is 52.0 Å². The molecule has 0 bridgehead atoms. The van der Waals surface area contributed by atoms with Crippen LogP contribution >= 0.6 is 0 Å². The summed E-state index contributed by atoms with van der Waals surface area (Å²) in [5.41, 5.74) is 1.42. The summed E-state index contributed by atoms with van der Waals surface area (Å²) in [6, 6.07) is 11.4. The van der Waals surface area contributed by atoms with Crippen molar-refractivity contribution >= 4 is 5.91 Å². The molecule has 0 aromatic heterocycles. The maximum absolute atomic E-state index is 12.6. The Kier molecular flexibility index (Phi) is 7.68. The van der Waals surface area contributed by atoms with Crippen molar-refractivity contribution < 1.29 is 9.90 Å². The van der Waals surface area contributed by atoms with Crippen LogP contribution in [-0.4, -0.2) is 84.7 Å². The molecule has 2 aliphatic rings. The van der Waals surface area contributed by atoms with E-state index < -0.39 is 0 Å². The Hall–Kier alpha value is -1.43. The minimum absolute atomic E-state index is 0.0418. The Bertz CT molecular complexity index is 572. The Labute approximate surface area is 163 Å². The lowest BCUT2D eigenvalue weighted by molar-refractivity contribution is -0.137. The molecule has 2 saturated heterocycles. The van der Waals surface area contributed by atoms with Crippen LogP contribution in [-0.2, 0) is 11.2 Å². The molecule has 27 heavy (non-hydrogen) atoms. The van der Waals surface area contributed by atoms with E-state index >= 15 is 0 Å². The number of carbonyl (C=O) groups is 1. The molecule has 0 aliphatic carbocycles. The third kappa shape index (κ3) is 5.77. The molecule has 1 aromatic rings. The van der Waals surface area contributed by atoms with Crippen molar-refractivity contribution in [1.29, 1.82) is 0 Å². The predicted molar refractivity (Wildman–Crippen MR) is 109 cm³/mol. The molecule has 2 aliphatic heterocycles. The van der Waals surface area contributed by atoms with Gasteiger partial charge in [-0.2, -0.15) is 0 Å². The SMILES string of the molecule is CN(CCO)C(=O)[C@H]1CCCN(C2CCN(CCc3ccccc3)CC2)C1. The highest BCUT2D eigenvalue weighted by Gasteiger charge is 2.32. The van der Waals surface area contributed by atoms with Crippen molar-refractivity contribution in [3.8, 4) is 0 Å². The van der Waals surface area contributed by atoms with Gasteiger partial charge in [0.05, 0.1) is 12.5 Å². The molecule has 1 N–H and O–H groups in total. The van der Waals surface area contributed by atoms with Crippen molar-refractivity contribution in [3.63, 3.8) is 0 Å². The first kappa shape index (κ1) is 20.3. The van der Waals surface area contributed by atoms with Crippen LogP contribution in [0, 0.1) is 5.92 Å². The molecule has 0 radical (unpaired) electrons.